The quantitative estimate of drug-likeness (QED) is 0.684. The summed E-state index contributed by atoms with van der Waals surface area (Å²) in [7, 11) is 0. The van der Waals surface area contributed by atoms with Crippen LogP contribution in [0.25, 0.3) is 0 Å². The molecule has 0 bridgehead atoms. The van der Waals surface area contributed by atoms with Crippen molar-refractivity contribution >= 4 is 11.9 Å². The number of nitrogens with two attached hydrogens (primary N) is 1. The molecule has 5 nitrogen and oxygen atoms in total. The van der Waals surface area contributed by atoms with Gasteiger partial charge in [-0.25, -0.2) is 4.79 Å². The number of aliphatic carboxylic acids is 1. The van der Waals surface area contributed by atoms with Gasteiger partial charge in [-0.2, -0.15) is 0 Å². The molecule has 1 rings (SSSR count). The van der Waals surface area contributed by atoms with Crippen LogP contribution >= 0.6 is 0 Å². The summed E-state index contributed by atoms with van der Waals surface area (Å²) in [6, 6.07) is -0.896. The van der Waals surface area contributed by atoms with Crippen molar-refractivity contribution in [2.75, 3.05) is 6.54 Å². The van der Waals surface area contributed by atoms with Crippen LogP contribution in [-0.2, 0) is 9.59 Å². The summed E-state index contributed by atoms with van der Waals surface area (Å²) in [5, 5.41) is 9.03. The van der Waals surface area contributed by atoms with Gasteiger partial charge in [0.2, 0.25) is 5.91 Å². The summed E-state index contributed by atoms with van der Waals surface area (Å²) in [4.78, 5) is 23.9. The molecule has 5 heteroatoms. The van der Waals surface area contributed by atoms with Crippen molar-refractivity contribution < 1.29 is 14.7 Å². The van der Waals surface area contributed by atoms with Crippen molar-refractivity contribution in [3.8, 4) is 0 Å². The highest BCUT2D eigenvalue weighted by atomic mass is 16.4. The molecule has 0 saturated carbocycles. The van der Waals surface area contributed by atoms with Crippen molar-refractivity contribution in [2.45, 2.75) is 44.7 Å². The number of carbonyl (C=O) groups excluding carboxylic acids is 1. The summed E-state index contributed by atoms with van der Waals surface area (Å²) >= 11 is 0. The van der Waals surface area contributed by atoms with E-state index in [9.17, 15) is 9.59 Å². The standard InChI is InChI=1S/C10H18N2O3/c1-2-3-4-8(10(14)15)12-6-7(11)5-9(12)13/h7-8H,2-6,11H2,1H3,(H,14,15)/t7?,8-/m0/s1. The molecule has 1 fully saturated rings. The molecule has 0 radical (unpaired) electrons. The minimum Gasteiger partial charge on any atom is -0.480 e. The minimum atomic E-state index is -0.925. The monoisotopic (exact) mass is 214 g/mol. The van der Waals surface area contributed by atoms with E-state index in [1.807, 2.05) is 6.92 Å². The van der Waals surface area contributed by atoms with Gasteiger partial charge >= 0.3 is 5.97 Å². The third kappa shape index (κ3) is 2.92. The van der Waals surface area contributed by atoms with E-state index in [1.165, 1.54) is 4.90 Å². The number of nitrogens with zero attached hydrogens (tertiary/aromatic N) is 1. The Morgan fingerprint density at radius 1 is 1.73 bits per heavy atom. The number of hydrogen-bond acceptors (Lipinski definition) is 3. The Labute approximate surface area is 89.2 Å². The molecule has 3 N–H and O–H groups in total. The van der Waals surface area contributed by atoms with Crippen LogP contribution in [0.1, 0.15) is 32.6 Å². The molecule has 1 amide bonds. The van der Waals surface area contributed by atoms with E-state index in [2.05, 4.69) is 0 Å². The lowest BCUT2D eigenvalue weighted by atomic mass is 10.1. The molecule has 15 heavy (non-hydrogen) atoms. The molecular formula is C10H18N2O3. The Morgan fingerprint density at radius 3 is 2.80 bits per heavy atom. The van der Waals surface area contributed by atoms with Crippen molar-refractivity contribution in [1.29, 1.82) is 0 Å². The normalized spacial score (nSPS) is 23.2. The summed E-state index contributed by atoms with van der Waals surface area (Å²) < 4.78 is 0. The molecule has 1 aliphatic heterocycles. The summed E-state index contributed by atoms with van der Waals surface area (Å²) in [6.07, 6.45) is 2.54. The maximum Gasteiger partial charge on any atom is 0.326 e. The summed E-state index contributed by atoms with van der Waals surface area (Å²) in [5.74, 6) is -1.06. The molecule has 1 unspecified atom stereocenters. The van der Waals surface area contributed by atoms with E-state index >= 15 is 0 Å². The largest absolute Gasteiger partial charge is 0.480 e. The lowest BCUT2D eigenvalue weighted by molar-refractivity contribution is -0.148. The Kier molecular flexibility index (Phi) is 4.08. The molecule has 0 spiro atoms. The third-order valence-electron chi connectivity index (χ3n) is 2.68. The highest BCUT2D eigenvalue weighted by Gasteiger charge is 2.35. The van der Waals surface area contributed by atoms with Crippen LogP contribution in [0.5, 0.6) is 0 Å². The average Bonchev–Trinajstić information content (AvgIpc) is 2.46. The molecule has 1 saturated heterocycles. The molecule has 0 aliphatic carbocycles. The summed E-state index contributed by atoms with van der Waals surface area (Å²) in [6.45, 7) is 2.37. The van der Waals surface area contributed by atoms with Gasteiger partial charge in [0, 0.05) is 19.0 Å². The molecule has 1 heterocycles. The Hall–Kier alpha value is -1.10. The number of amides is 1. The summed E-state index contributed by atoms with van der Waals surface area (Å²) in [5.41, 5.74) is 5.63. The van der Waals surface area contributed by atoms with Crippen LogP contribution in [0.15, 0.2) is 0 Å². The fourth-order valence-corrected chi connectivity index (χ4v) is 1.87. The van der Waals surface area contributed by atoms with Gasteiger partial charge in [0.05, 0.1) is 0 Å². The number of hydrogen-bond donors (Lipinski definition) is 2. The first kappa shape index (κ1) is 12.0. The second-order valence-corrected chi connectivity index (χ2v) is 4.01. The van der Waals surface area contributed by atoms with Crippen LogP contribution in [0, 0.1) is 0 Å². The smallest absolute Gasteiger partial charge is 0.326 e. The number of unbranched alkanes of at least 4 members (excludes halogenated alkanes) is 1. The Balaban J connectivity index is 2.63. The first-order valence-electron chi connectivity index (χ1n) is 5.34. The van der Waals surface area contributed by atoms with Gasteiger partial charge in [-0.3, -0.25) is 4.79 Å². The van der Waals surface area contributed by atoms with E-state index in [0.29, 0.717) is 13.0 Å². The van der Waals surface area contributed by atoms with Crippen molar-refractivity contribution in [3.63, 3.8) is 0 Å². The Morgan fingerprint density at radius 2 is 2.40 bits per heavy atom. The predicted molar refractivity (Wildman–Crippen MR) is 55.3 cm³/mol. The van der Waals surface area contributed by atoms with E-state index in [1.54, 1.807) is 0 Å². The van der Waals surface area contributed by atoms with Crippen molar-refractivity contribution in [3.05, 3.63) is 0 Å². The Bertz CT molecular complexity index is 255. The van der Waals surface area contributed by atoms with Gasteiger partial charge in [-0.05, 0) is 6.42 Å². The minimum absolute atomic E-state index is 0.133. The average molecular weight is 214 g/mol. The zero-order chi connectivity index (χ0) is 11.4. The molecule has 1 aliphatic rings. The second-order valence-electron chi connectivity index (χ2n) is 4.01. The molecule has 0 aromatic rings. The lowest BCUT2D eigenvalue weighted by Crippen LogP contribution is -2.43. The first-order valence-corrected chi connectivity index (χ1v) is 5.34. The first-order chi connectivity index (χ1) is 7.06. The molecule has 0 aromatic heterocycles. The van der Waals surface area contributed by atoms with E-state index < -0.39 is 12.0 Å². The zero-order valence-electron chi connectivity index (χ0n) is 8.98. The van der Waals surface area contributed by atoms with Crippen LogP contribution in [0.2, 0.25) is 0 Å². The highest BCUT2D eigenvalue weighted by Crippen LogP contribution is 2.17. The van der Waals surface area contributed by atoms with Gasteiger partial charge in [-0.1, -0.05) is 19.8 Å². The molecule has 0 aromatic carbocycles. The number of carboxylic acid groups (broad SMARTS) is 1. The predicted octanol–water partition coefficient (Wildman–Crippen LogP) is 0.189. The second kappa shape index (κ2) is 5.11. The van der Waals surface area contributed by atoms with Gasteiger partial charge in [-0.15, -0.1) is 0 Å². The number of rotatable bonds is 5. The van der Waals surface area contributed by atoms with Crippen LogP contribution < -0.4 is 5.73 Å². The van der Waals surface area contributed by atoms with E-state index in [-0.39, 0.29) is 18.4 Å². The van der Waals surface area contributed by atoms with Gasteiger partial charge < -0.3 is 15.7 Å². The maximum atomic E-state index is 11.5. The van der Waals surface area contributed by atoms with Crippen molar-refractivity contribution in [2.24, 2.45) is 5.73 Å². The fraction of sp³-hybridized carbons (Fsp3) is 0.800. The lowest BCUT2D eigenvalue weighted by Gasteiger charge is -2.24. The van der Waals surface area contributed by atoms with Gasteiger partial charge in [0.15, 0.2) is 0 Å². The van der Waals surface area contributed by atoms with Crippen LogP contribution in [-0.4, -0.2) is 40.5 Å². The highest BCUT2D eigenvalue weighted by molar-refractivity contribution is 5.85. The fourth-order valence-electron chi connectivity index (χ4n) is 1.87. The number of carbonyl (C=O) groups is 2. The van der Waals surface area contributed by atoms with Gasteiger partial charge in [0.1, 0.15) is 6.04 Å². The van der Waals surface area contributed by atoms with E-state index in [0.717, 1.165) is 12.8 Å². The van der Waals surface area contributed by atoms with Crippen molar-refractivity contribution in [1.82, 2.24) is 4.90 Å². The van der Waals surface area contributed by atoms with Gasteiger partial charge in [0.25, 0.3) is 0 Å². The topological polar surface area (TPSA) is 83.6 Å². The molecule has 86 valence electrons. The SMILES string of the molecule is CCCC[C@@H](C(=O)O)N1CC(N)CC1=O. The number of carboxylic acids is 1. The maximum absolute atomic E-state index is 11.5. The van der Waals surface area contributed by atoms with Crippen LogP contribution in [0.4, 0.5) is 0 Å². The number of likely N-dealkylation sites (tertiary alicyclic amines) is 1. The van der Waals surface area contributed by atoms with Crippen LogP contribution in [0.3, 0.4) is 0 Å². The third-order valence-corrected chi connectivity index (χ3v) is 2.68. The molecule has 2 atom stereocenters. The zero-order valence-corrected chi connectivity index (χ0v) is 8.98. The molecular weight excluding hydrogens is 196 g/mol. The van der Waals surface area contributed by atoms with E-state index in [4.69, 9.17) is 10.8 Å².